The van der Waals surface area contributed by atoms with E-state index in [1.165, 1.54) is 16.7 Å². The smallest absolute Gasteiger partial charge is 0.128 e. The fourth-order valence-electron chi connectivity index (χ4n) is 3.05. The van der Waals surface area contributed by atoms with E-state index in [4.69, 9.17) is 11.6 Å². The number of aromatic nitrogens is 2. The Kier molecular flexibility index (Phi) is 5.46. The van der Waals surface area contributed by atoms with E-state index in [1.807, 2.05) is 12.1 Å². The van der Waals surface area contributed by atoms with Crippen LogP contribution in [0.2, 0.25) is 5.02 Å². The highest BCUT2D eigenvalue weighted by Crippen LogP contribution is 2.39. The third-order valence-corrected chi connectivity index (χ3v) is 6.89. The Morgan fingerprint density at radius 1 is 0.964 bits per heavy atom. The van der Waals surface area contributed by atoms with E-state index in [0.29, 0.717) is 0 Å². The monoisotopic (exact) mass is 424 g/mol. The first-order chi connectivity index (χ1) is 13.4. The molecular weight excluding hydrogens is 404 g/mol. The Morgan fingerprint density at radius 2 is 1.68 bits per heavy atom. The molecule has 5 heteroatoms. The van der Waals surface area contributed by atoms with Crippen LogP contribution in [0.5, 0.6) is 0 Å². The molecule has 2 heterocycles. The molecule has 0 saturated carbocycles. The summed E-state index contributed by atoms with van der Waals surface area (Å²) >= 11 is 9.47. The molecule has 0 spiro atoms. The molecule has 0 atom stereocenters. The minimum atomic E-state index is 0.175. The van der Waals surface area contributed by atoms with Crippen LogP contribution in [-0.4, -0.2) is 9.97 Å². The van der Waals surface area contributed by atoms with Crippen molar-refractivity contribution in [2.24, 2.45) is 0 Å². The van der Waals surface area contributed by atoms with Crippen molar-refractivity contribution in [1.29, 1.82) is 0 Å². The lowest BCUT2D eigenvalue weighted by molar-refractivity contribution is 0.590. The molecule has 0 N–H and O–H groups in total. The summed E-state index contributed by atoms with van der Waals surface area (Å²) in [7, 11) is 0. The predicted molar refractivity (Wildman–Crippen MR) is 123 cm³/mol. The third-order valence-electron chi connectivity index (χ3n) is 4.69. The van der Waals surface area contributed by atoms with Crippen molar-refractivity contribution >= 4 is 44.9 Å². The van der Waals surface area contributed by atoms with Crippen molar-refractivity contribution in [2.75, 3.05) is 0 Å². The number of nitrogens with zero attached hydrogens (tertiary/aromatic N) is 2. The number of hydrogen-bond acceptors (Lipinski definition) is 4. The number of thiophene rings is 1. The predicted octanol–water partition coefficient (Wildman–Crippen LogP) is 7.60. The number of fused-ring (bicyclic) bond motifs is 1. The second-order valence-electron chi connectivity index (χ2n) is 7.75. The summed E-state index contributed by atoms with van der Waals surface area (Å²) in [5, 5.41) is 5.06. The summed E-state index contributed by atoms with van der Waals surface area (Å²) in [4.78, 5) is 10.1. The Hall–Kier alpha value is -1.88. The molecule has 0 fully saturated rings. The van der Waals surface area contributed by atoms with Crippen LogP contribution in [0.25, 0.3) is 21.3 Å². The summed E-state index contributed by atoms with van der Waals surface area (Å²) in [6, 6.07) is 16.9. The lowest BCUT2D eigenvalue weighted by Gasteiger charge is -2.19. The van der Waals surface area contributed by atoms with Crippen molar-refractivity contribution in [3.8, 4) is 11.1 Å². The lowest BCUT2D eigenvalue weighted by Crippen LogP contribution is -2.10. The van der Waals surface area contributed by atoms with E-state index in [0.717, 1.165) is 31.6 Å². The van der Waals surface area contributed by atoms with Crippen LogP contribution in [0.3, 0.4) is 0 Å². The zero-order chi connectivity index (χ0) is 19.7. The fraction of sp³-hybridized carbons (Fsp3) is 0.217. The van der Waals surface area contributed by atoms with E-state index >= 15 is 0 Å². The molecule has 0 saturated heterocycles. The maximum absolute atomic E-state index is 6.05. The van der Waals surface area contributed by atoms with Gasteiger partial charge >= 0.3 is 0 Å². The van der Waals surface area contributed by atoms with Crippen LogP contribution in [0.1, 0.15) is 31.9 Å². The first kappa shape index (κ1) is 19.4. The topological polar surface area (TPSA) is 25.8 Å². The largest absolute Gasteiger partial charge is 0.229 e. The molecule has 0 aliphatic rings. The minimum Gasteiger partial charge on any atom is -0.229 e. The number of benzene rings is 2. The summed E-state index contributed by atoms with van der Waals surface area (Å²) in [5.74, 6) is 0.881. The van der Waals surface area contributed by atoms with E-state index in [9.17, 15) is 0 Å². The van der Waals surface area contributed by atoms with Gasteiger partial charge in [-0.2, -0.15) is 0 Å². The second-order valence-corrected chi connectivity index (χ2v) is 10.0. The zero-order valence-electron chi connectivity index (χ0n) is 16.1. The van der Waals surface area contributed by atoms with Crippen LogP contribution in [0, 0.1) is 0 Å². The summed E-state index contributed by atoms with van der Waals surface area (Å²) < 4.78 is 0. The van der Waals surface area contributed by atoms with Crippen LogP contribution in [0.4, 0.5) is 0 Å². The maximum atomic E-state index is 6.05. The average Bonchev–Trinajstić information content (AvgIpc) is 3.11. The van der Waals surface area contributed by atoms with Crippen molar-refractivity contribution in [3.63, 3.8) is 0 Å². The van der Waals surface area contributed by atoms with Crippen LogP contribution < -0.4 is 0 Å². The Labute approximate surface area is 179 Å². The van der Waals surface area contributed by atoms with Crippen LogP contribution >= 0.6 is 34.7 Å². The van der Waals surface area contributed by atoms with Crippen LogP contribution in [0.15, 0.2) is 65.3 Å². The molecule has 0 unspecified atom stereocenters. The van der Waals surface area contributed by atoms with Gasteiger partial charge in [0.1, 0.15) is 16.2 Å². The summed E-state index contributed by atoms with van der Waals surface area (Å²) in [6.45, 7) is 6.72. The van der Waals surface area contributed by atoms with Crippen molar-refractivity contribution in [1.82, 2.24) is 9.97 Å². The van der Waals surface area contributed by atoms with Gasteiger partial charge in [0.05, 0.1) is 5.39 Å². The second kappa shape index (κ2) is 7.86. The van der Waals surface area contributed by atoms with Gasteiger partial charge in [-0.3, -0.25) is 0 Å². The van der Waals surface area contributed by atoms with Gasteiger partial charge in [0, 0.05) is 21.7 Å². The molecule has 2 aromatic carbocycles. The molecule has 0 aliphatic carbocycles. The first-order valence-corrected chi connectivity index (χ1v) is 11.4. The fourth-order valence-corrected chi connectivity index (χ4v) is 5.13. The summed E-state index contributed by atoms with van der Waals surface area (Å²) in [5.41, 5.74) is 5.14. The third kappa shape index (κ3) is 4.09. The van der Waals surface area contributed by atoms with Gasteiger partial charge in [0.15, 0.2) is 0 Å². The van der Waals surface area contributed by atoms with Crippen molar-refractivity contribution in [3.05, 3.63) is 76.4 Å². The Morgan fingerprint density at radius 3 is 2.36 bits per heavy atom. The molecule has 28 heavy (non-hydrogen) atoms. The summed E-state index contributed by atoms with van der Waals surface area (Å²) in [6.07, 6.45) is 1.66. The zero-order valence-corrected chi connectivity index (χ0v) is 18.5. The van der Waals surface area contributed by atoms with Gasteiger partial charge in [-0.1, -0.05) is 68.8 Å². The van der Waals surface area contributed by atoms with Gasteiger partial charge in [-0.15, -0.1) is 23.1 Å². The highest BCUT2D eigenvalue weighted by molar-refractivity contribution is 7.98. The molecule has 0 amide bonds. The normalized spacial score (nSPS) is 11.9. The molecule has 4 rings (SSSR count). The molecular formula is C23H21ClN2S2. The van der Waals surface area contributed by atoms with E-state index in [2.05, 4.69) is 72.5 Å². The van der Waals surface area contributed by atoms with Crippen LogP contribution in [-0.2, 0) is 11.2 Å². The van der Waals surface area contributed by atoms with E-state index in [1.54, 1.807) is 29.4 Å². The maximum Gasteiger partial charge on any atom is 0.128 e. The Bertz CT molecular complexity index is 1090. The number of hydrogen-bond donors (Lipinski definition) is 0. The van der Waals surface area contributed by atoms with Gasteiger partial charge < -0.3 is 0 Å². The molecule has 0 bridgehead atoms. The van der Waals surface area contributed by atoms with Gasteiger partial charge in [-0.25, -0.2) is 9.97 Å². The molecule has 142 valence electrons. The highest BCUT2D eigenvalue weighted by atomic mass is 35.5. The average molecular weight is 425 g/mol. The highest BCUT2D eigenvalue weighted by Gasteiger charge is 2.15. The molecule has 0 radical (unpaired) electrons. The van der Waals surface area contributed by atoms with Gasteiger partial charge in [0.2, 0.25) is 0 Å². The van der Waals surface area contributed by atoms with Crippen molar-refractivity contribution in [2.45, 2.75) is 37.0 Å². The van der Waals surface area contributed by atoms with E-state index in [-0.39, 0.29) is 5.41 Å². The molecule has 4 aromatic rings. The minimum absolute atomic E-state index is 0.175. The molecule has 0 aliphatic heterocycles. The van der Waals surface area contributed by atoms with Gasteiger partial charge in [-0.05, 0) is 34.2 Å². The lowest BCUT2D eigenvalue weighted by atomic mass is 9.87. The standard InChI is InChI=1S/C23H21ClN2S2/c1-23(2,3)17-8-4-15(5-9-17)12-27-21-20-19(13-28-22(20)26-14-25-21)16-6-10-18(24)11-7-16/h4-11,13-14H,12H2,1-3H3. The van der Waals surface area contributed by atoms with E-state index < -0.39 is 0 Å². The number of thioether (sulfide) groups is 1. The van der Waals surface area contributed by atoms with Crippen molar-refractivity contribution < 1.29 is 0 Å². The molecule has 2 aromatic heterocycles. The quantitative estimate of drug-likeness (QED) is 0.249. The number of halogens is 1. The number of rotatable bonds is 4. The molecule has 2 nitrogen and oxygen atoms in total. The SMILES string of the molecule is CC(C)(C)c1ccc(CSc2ncnc3scc(-c4ccc(Cl)cc4)c23)cc1. The Balaban J connectivity index is 1.62. The first-order valence-electron chi connectivity index (χ1n) is 9.12. The van der Waals surface area contributed by atoms with Gasteiger partial charge in [0.25, 0.3) is 0 Å².